The number of aliphatic hydroxyl groups is 1. The molecule has 0 spiro atoms. The number of nitrogens with zero attached hydrogens (tertiary/aromatic N) is 1. The summed E-state index contributed by atoms with van der Waals surface area (Å²) in [5.41, 5.74) is -0.00400. The number of aliphatic imine (C=N–C) groups is 1. The fourth-order valence-electron chi connectivity index (χ4n) is 2.41. The van der Waals surface area contributed by atoms with Crippen LogP contribution < -0.4 is 0 Å². The number of rotatable bonds is 4. The molecule has 28 heavy (non-hydrogen) atoms. The lowest BCUT2D eigenvalue weighted by Gasteiger charge is -2.07. The Morgan fingerprint density at radius 2 is 2.00 bits per heavy atom. The number of halogens is 3. The molecule has 0 aliphatic carbocycles. The molecule has 1 aromatic heterocycles. The van der Waals surface area contributed by atoms with Crippen molar-refractivity contribution in [1.29, 1.82) is 0 Å². The number of benzene rings is 1. The monoisotopic (exact) mass is 408 g/mol. The highest BCUT2D eigenvalue weighted by Gasteiger charge is 2.33. The number of alkyl halides is 3. The summed E-state index contributed by atoms with van der Waals surface area (Å²) in [6.07, 6.45) is -1.11. The van der Waals surface area contributed by atoms with Crippen molar-refractivity contribution in [3.63, 3.8) is 0 Å². The standard InChI is InChI=1S/C19H15F3N2O3S/c1-2-27-18(26)15-16(25)14(10-13-4-3-9-23-13)28-17(15)24-12-7-5-11(6-8-12)19(20,21)22/h3-10,23,25H,2H2,1H3/b14-10-,24-17?. The van der Waals surface area contributed by atoms with Gasteiger partial charge in [-0.3, -0.25) is 0 Å². The second kappa shape index (κ2) is 7.97. The molecule has 0 saturated carbocycles. The second-order valence-corrected chi connectivity index (χ2v) is 6.67. The first-order valence-electron chi connectivity index (χ1n) is 8.19. The number of nitrogens with one attached hydrogen (secondary N) is 1. The molecule has 1 aliphatic heterocycles. The Balaban J connectivity index is 1.98. The number of H-pyrrole nitrogens is 1. The molecule has 146 valence electrons. The van der Waals surface area contributed by atoms with Crippen LogP contribution in [0.25, 0.3) is 6.08 Å². The van der Waals surface area contributed by atoms with E-state index < -0.39 is 17.7 Å². The van der Waals surface area contributed by atoms with Gasteiger partial charge in [0.25, 0.3) is 0 Å². The summed E-state index contributed by atoms with van der Waals surface area (Å²) in [6.45, 7) is 1.73. The highest BCUT2D eigenvalue weighted by molar-refractivity contribution is 8.18. The lowest BCUT2D eigenvalue weighted by atomic mass is 10.2. The average molecular weight is 408 g/mol. The second-order valence-electron chi connectivity index (χ2n) is 5.64. The van der Waals surface area contributed by atoms with Crippen molar-refractivity contribution in [2.75, 3.05) is 6.61 Å². The minimum absolute atomic E-state index is 0.101. The number of carbonyl (C=O) groups is 1. The van der Waals surface area contributed by atoms with Crippen molar-refractivity contribution in [3.8, 4) is 0 Å². The highest BCUT2D eigenvalue weighted by atomic mass is 32.2. The summed E-state index contributed by atoms with van der Waals surface area (Å²) >= 11 is 1.03. The number of ether oxygens (including phenoxy) is 1. The smallest absolute Gasteiger partial charge is 0.416 e. The van der Waals surface area contributed by atoms with E-state index in [9.17, 15) is 23.1 Å². The maximum absolute atomic E-state index is 12.7. The quantitative estimate of drug-likeness (QED) is 0.680. The van der Waals surface area contributed by atoms with Crippen molar-refractivity contribution >= 4 is 34.5 Å². The summed E-state index contributed by atoms with van der Waals surface area (Å²) in [4.78, 5) is 19.8. The van der Waals surface area contributed by atoms with Gasteiger partial charge in [-0.25, -0.2) is 9.79 Å². The van der Waals surface area contributed by atoms with Gasteiger partial charge in [0.15, 0.2) is 0 Å². The van der Waals surface area contributed by atoms with E-state index in [0.717, 1.165) is 23.9 Å². The van der Waals surface area contributed by atoms with E-state index in [4.69, 9.17) is 4.74 Å². The van der Waals surface area contributed by atoms with E-state index in [0.29, 0.717) is 10.6 Å². The van der Waals surface area contributed by atoms with Crippen LogP contribution >= 0.6 is 11.8 Å². The third-order valence-electron chi connectivity index (χ3n) is 3.70. The van der Waals surface area contributed by atoms with E-state index in [1.807, 2.05) is 0 Å². The fourth-order valence-corrected chi connectivity index (χ4v) is 3.44. The Hall–Kier alpha value is -2.94. The predicted octanol–water partition coefficient (Wildman–Crippen LogP) is 5.23. The van der Waals surface area contributed by atoms with Crippen LogP contribution in [0, 0.1) is 0 Å². The summed E-state index contributed by atoms with van der Waals surface area (Å²) in [6, 6.07) is 7.75. The van der Waals surface area contributed by atoms with Gasteiger partial charge in [0.1, 0.15) is 16.4 Å². The Labute approximate surface area is 162 Å². The normalized spacial score (nSPS) is 17.6. The molecule has 0 unspecified atom stereocenters. The SMILES string of the molecule is CCOC(=O)C1=C(O)/C(=C/c2ccc[nH]2)SC1=Nc1ccc(C(F)(F)F)cc1. The van der Waals surface area contributed by atoms with Gasteiger partial charge in [0.2, 0.25) is 0 Å². The van der Waals surface area contributed by atoms with Crippen LogP contribution in [0.4, 0.5) is 18.9 Å². The lowest BCUT2D eigenvalue weighted by molar-refractivity contribution is -0.138. The Morgan fingerprint density at radius 1 is 1.29 bits per heavy atom. The molecule has 3 rings (SSSR count). The van der Waals surface area contributed by atoms with Crippen LogP contribution in [-0.4, -0.2) is 27.7 Å². The summed E-state index contributed by atoms with van der Waals surface area (Å²) < 4.78 is 43.1. The van der Waals surface area contributed by atoms with Crippen LogP contribution in [0.5, 0.6) is 0 Å². The Kier molecular flexibility index (Phi) is 5.64. The molecule has 0 radical (unpaired) electrons. The number of aliphatic hydroxyl groups excluding tert-OH is 1. The lowest BCUT2D eigenvalue weighted by Crippen LogP contribution is -2.12. The number of esters is 1. The molecule has 2 N–H and O–H groups in total. The number of carbonyl (C=O) groups excluding carboxylic acids is 1. The van der Waals surface area contributed by atoms with Crippen LogP contribution in [0.1, 0.15) is 18.2 Å². The maximum Gasteiger partial charge on any atom is 0.416 e. The minimum atomic E-state index is -4.45. The Morgan fingerprint density at radius 3 is 2.57 bits per heavy atom. The first kappa shape index (κ1) is 19.8. The van der Waals surface area contributed by atoms with Gasteiger partial charge in [0, 0.05) is 11.9 Å². The molecular weight excluding hydrogens is 393 g/mol. The molecule has 0 fully saturated rings. The van der Waals surface area contributed by atoms with Crippen LogP contribution in [-0.2, 0) is 15.7 Å². The van der Waals surface area contributed by atoms with Gasteiger partial charge in [0.05, 0.1) is 22.8 Å². The van der Waals surface area contributed by atoms with Crippen molar-refractivity contribution < 1.29 is 27.8 Å². The number of thioether (sulfide) groups is 1. The summed E-state index contributed by atoms with van der Waals surface area (Å²) in [5, 5.41) is 10.6. The van der Waals surface area contributed by atoms with Crippen LogP contribution in [0.15, 0.2) is 63.8 Å². The number of aromatic amines is 1. The predicted molar refractivity (Wildman–Crippen MR) is 101 cm³/mol. The molecule has 9 heteroatoms. The third-order valence-corrected chi connectivity index (χ3v) is 4.72. The van der Waals surface area contributed by atoms with Gasteiger partial charge in [-0.2, -0.15) is 13.2 Å². The topological polar surface area (TPSA) is 74.7 Å². The number of hydrogen-bond donors (Lipinski definition) is 2. The van der Waals surface area contributed by atoms with Crippen molar-refractivity contribution in [3.05, 3.63) is 70.1 Å². The molecule has 0 atom stereocenters. The first-order chi connectivity index (χ1) is 13.3. The molecule has 1 aromatic carbocycles. The fraction of sp³-hybridized carbons (Fsp3) is 0.158. The molecule has 1 aliphatic rings. The summed E-state index contributed by atoms with van der Waals surface area (Å²) in [5.74, 6) is -1.04. The van der Waals surface area contributed by atoms with Crippen molar-refractivity contribution in [1.82, 2.24) is 4.98 Å². The van der Waals surface area contributed by atoms with E-state index in [2.05, 4.69) is 9.98 Å². The zero-order chi connectivity index (χ0) is 20.3. The van der Waals surface area contributed by atoms with Gasteiger partial charge >= 0.3 is 12.1 Å². The van der Waals surface area contributed by atoms with E-state index >= 15 is 0 Å². The van der Waals surface area contributed by atoms with Crippen LogP contribution in [0.2, 0.25) is 0 Å². The van der Waals surface area contributed by atoms with Gasteiger partial charge in [-0.1, -0.05) is 11.8 Å². The van der Waals surface area contributed by atoms with Crippen LogP contribution in [0.3, 0.4) is 0 Å². The molecule has 2 heterocycles. The number of aromatic nitrogens is 1. The first-order valence-corrected chi connectivity index (χ1v) is 9.01. The maximum atomic E-state index is 12.7. The molecular formula is C19H15F3N2O3S. The third kappa shape index (κ3) is 4.30. The van der Waals surface area contributed by atoms with E-state index in [-0.39, 0.29) is 28.7 Å². The van der Waals surface area contributed by atoms with E-state index in [1.54, 1.807) is 31.3 Å². The average Bonchev–Trinajstić information content (AvgIpc) is 3.24. The molecule has 0 amide bonds. The molecule has 0 bridgehead atoms. The van der Waals surface area contributed by atoms with Crippen molar-refractivity contribution in [2.24, 2.45) is 4.99 Å². The molecule has 2 aromatic rings. The zero-order valence-corrected chi connectivity index (χ0v) is 15.4. The van der Waals surface area contributed by atoms with Gasteiger partial charge in [-0.15, -0.1) is 0 Å². The van der Waals surface area contributed by atoms with Crippen molar-refractivity contribution in [2.45, 2.75) is 13.1 Å². The largest absolute Gasteiger partial charge is 0.506 e. The van der Waals surface area contributed by atoms with E-state index in [1.165, 1.54) is 12.1 Å². The number of hydrogen-bond acceptors (Lipinski definition) is 5. The van der Waals surface area contributed by atoms with Gasteiger partial charge < -0.3 is 14.8 Å². The molecule has 5 nitrogen and oxygen atoms in total. The Bertz CT molecular complexity index is 959. The zero-order valence-electron chi connectivity index (χ0n) is 14.6. The van der Waals surface area contributed by atoms with Gasteiger partial charge in [-0.05, 0) is 49.4 Å². The minimum Gasteiger partial charge on any atom is -0.506 e. The summed E-state index contributed by atoms with van der Waals surface area (Å²) in [7, 11) is 0. The molecule has 0 saturated heterocycles. The highest BCUT2D eigenvalue weighted by Crippen LogP contribution is 2.40.